The van der Waals surface area contributed by atoms with E-state index >= 15 is 0 Å². The molecule has 33 heavy (non-hydrogen) atoms. The molecule has 2 rings (SSSR count). The minimum absolute atomic E-state index is 0.467. The number of hydrogen-bond acceptors (Lipinski definition) is 4. The number of hydrogen-bond donors (Lipinski definition) is 1. The van der Waals surface area contributed by atoms with Crippen LogP contribution in [0, 0.1) is 51.7 Å². The second-order valence-electron chi connectivity index (χ2n) is 6.58. The van der Waals surface area contributed by atoms with Crippen LogP contribution >= 0.6 is 23.8 Å². The fourth-order valence-electron chi connectivity index (χ4n) is 2.41. The number of rotatable bonds is 5. The Morgan fingerprint density at radius 3 is 2.00 bits per heavy atom. The van der Waals surface area contributed by atoms with E-state index in [-0.39, 0.29) is 0 Å². The summed E-state index contributed by atoms with van der Waals surface area (Å²) in [4.78, 5) is -1.07. The van der Waals surface area contributed by atoms with Crippen molar-refractivity contribution in [3.8, 4) is 17.9 Å². The van der Waals surface area contributed by atoms with Crippen LogP contribution in [-0.2, 0) is 6.18 Å². The fourth-order valence-corrected chi connectivity index (χ4v) is 3.08. The Hall–Kier alpha value is -3.16. The van der Waals surface area contributed by atoms with Crippen molar-refractivity contribution in [2.45, 2.75) is 18.6 Å². The van der Waals surface area contributed by atoms with E-state index in [1.54, 1.807) is 6.07 Å². The molecule has 174 valence electrons. The van der Waals surface area contributed by atoms with Crippen LogP contribution in [0.3, 0.4) is 0 Å². The van der Waals surface area contributed by atoms with E-state index in [1.807, 2.05) is 0 Å². The largest absolute Gasteiger partial charge is 0.488 e. The minimum atomic E-state index is -4.95. The van der Waals surface area contributed by atoms with Crippen LogP contribution < -0.4 is 10.1 Å². The third-order valence-corrected chi connectivity index (χ3v) is 4.76. The molecule has 0 aromatic heterocycles. The van der Waals surface area contributed by atoms with Gasteiger partial charge in [-0.15, -0.1) is 0 Å². The van der Waals surface area contributed by atoms with Gasteiger partial charge in [0.1, 0.15) is 17.3 Å². The summed E-state index contributed by atoms with van der Waals surface area (Å²) < 4.78 is 112. The van der Waals surface area contributed by atoms with Crippen molar-refractivity contribution >= 4 is 28.8 Å². The van der Waals surface area contributed by atoms with E-state index in [2.05, 4.69) is 17.5 Å². The van der Waals surface area contributed by atoms with Gasteiger partial charge in [0.05, 0.1) is 33.9 Å². The van der Waals surface area contributed by atoms with Gasteiger partial charge in [0.25, 0.3) is 0 Å². The second-order valence-corrected chi connectivity index (χ2v) is 7.36. The average molecular weight is 514 g/mol. The highest BCUT2D eigenvalue weighted by Gasteiger charge is 2.36. The number of benzene rings is 2. The molecule has 0 fully saturated rings. The minimum Gasteiger partial charge on any atom is -0.488 e. The predicted octanol–water partition coefficient (Wildman–Crippen LogP) is 5.55. The number of thiocarbonyl (C=S) groups is 1. The molecule has 0 aliphatic carbocycles. The first-order valence-corrected chi connectivity index (χ1v) is 9.14. The average Bonchev–Trinajstić information content (AvgIpc) is 2.74. The quantitative estimate of drug-likeness (QED) is 0.246. The summed E-state index contributed by atoms with van der Waals surface area (Å²) in [6.45, 7) is 0.142. The monoisotopic (exact) mass is 513 g/mol. The van der Waals surface area contributed by atoms with Crippen molar-refractivity contribution in [1.29, 1.82) is 10.5 Å². The van der Waals surface area contributed by atoms with Gasteiger partial charge in [-0.25, -0.2) is 22.0 Å². The molecule has 1 N–H and O–H groups in total. The summed E-state index contributed by atoms with van der Waals surface area (Å²) >= 11 is 10.4. The Kier molecular flexibility index (Phi) is 7.41. The normalized spacial score (nSPS) is 13.0. The lowest BCUT2D eigenvalue weighted by molar-refractivity contribution is -0.137. The van der Waals surface area contributed by atoms with Crippen LogP contribution in [0.2, 0.25) is 5.02 Å². The molecule has 1 atom stereocenters. The van der Waals surface area contributed by atoms with Gasteiger partial charge in [-0.2, -0.15) is 23.7 Å². The maximum Gasteiger partial charge on any atom is 0.418 e. The molecule has 0 spiro atoms. The molecule has 0 aliphatic heterocycles. The molecule has 0 bridgehead atoms. The SMILES string of the molecule is C[C@](C#N)(COc1cc(C#N)cc(C(F)(F)F)c1Cl)NC(=S)c1c(F)c(F)c(F)c(F)c1F. The molecule has 4 nitrogen and oxygen atoms in total. The van der Waals surface area contributed by atoms with Gasteiger partial charge in [-0.3, -0.25) is 0 Å². The topological polar surface area (TPSA) is 68.8 Å². The van der Waals surface area contributed by atoms with Gasteiger partial charge >= 0.3 is 6.18 Å². The molecular formula is C19H8ClF8N3OS. The standard InChI is InChI=1S/C19H8ClF8N3OS/c1-18(5-30,31-17(33)10-12(21)14(23)16(25)15(24)13(10)22)6-32-9-3-7(4-29)2-8(11(9)20)19(26,27)28/h2-3H,6H2,1H3,(H,31,33)/t18-/m0/s1. The number of halogens is 9. The van der Waals surface area contributed by atoms with Crippen LogP contribution in [0.25, 0.3) is 0 Å². The third kappa shape index (κ3) is 5.26. The van der Waals surface area contributed by atoms with Gasteiger partial charge in [0.15, 0.2) is 28.8 Å². The van der Waals surface area contributed by atoms with Crippen molar-refractivity contribution in [1.82, 2.24) is 5.32 Å². The second kappa shape index (κ2) is 9.37. The van der Waals surface area contributed by atoms with Crippen LogP contribution in [0.1, 0.15) is 23.6 Å². The highest BCUT2D eigenvalue weighted by molar-refractivity contribution is 7.80. The summed E-state index contributed by atoms with van der Waals surface area (Å²) in [6.07, 6.45) is -4.95. The number of nitriles is 2. The zero-order valence-electron chi connectivity index (χ0n) is 16.0. The third-order valence-electron chi connectivity index (χ3n) is 4.06. The number of ether oxygens (including phenoxy) is 1. The molecule has 14 heteroatoms. The molecule has 0 saturated carbocycles. The molecule has 0 heterocycles. The molecule has 0 radical (unpaired) electrons. The van der Waals surface area contributed by atoms with Crippen molar-refractivity contribution in [2.24, 2.45) is 0 Å². The number of alkyl halides is 3. The maximum absolute atomic E-state index is 14.0. The van der Waals surface area contributed by atoms with Crippen LogP contribution in [0.15, 0.2) is 12.1 Å². The van der Waals surface area contributed by atoms with E-state index in [1.165, 1.54) is 6.07 Å². The Morgan fingerprint density at radius 1 is 1.03 bits per heavy atom. The molecule has 0 aliphatic rings. The molecule has 2 aromatic carbocycles. The van der Waals surface area contributed by atoms with Gasteiger partial charge in [0.2, 0.25) is 5.82 Å². The van der Waals surface area contributed by atoms with Crippen molar-refractivity contribution in [2.75, 3.05) is 6.61 Å². The van der Waals surface area contributed by atoms with Gasteiger partial charge < -0.3 is 10.1 Å². The van der Waals surface area contributed by atoms with Crippen molar-refractivity contribution in [3.05, 3.63) is 62.9 Å². The highest BCUT2D eigenvalue weighted by atomic mass is 35.5. The predicted molar refractivity (Wildman–Crippen MR) is 102 cm³/mol. The number of nitrogens with one attached hydrogen (secondary N) is 1. The van der Waals surface area contributed by atoms with Gasteiger partial charge in [-0.1, -0.05) is 23.8 Å². The first-order chi connectivity index (χ1) is 15.2. The van der Waals surface area contributed by atoms with E-state index in [4.69, 9.17) is 21.6 Å². The zero-order valence-corrected chi connectivity index (χ0v) is 17.5. The van der Waals surface area contributed by atoms with Gasteiger partial charge in [-0.05, 0) is 19.1 Å². The highest BCUT2D eigenvalue weighted by Crippen LogP contribution is 2.40. The maximum atomic E-state index is 14.0. The van der Waals surface area contributed by atoms with E-state index in [9.17, 15) is 40.4 Å². The summed E-state index contributed by atoms with van der Waals surface area (Å²) in [7, 11) is 0. The number of nitrogens with zero attached hydrogens (tertiary/aromatic N) is 2. The van der Waals surface area contributed by atoms with Crippen molar-refractivity contribution in [3.63, 3.8) is 0 Å². The molecule has 0 unspecified atom stereocenters. The lowest BCUT2D eigenvalue weighted by Crippen LogP contribution is -2.49. The Balaban J connectivity index is 2.37. The molecule has 0 amide bonds. The first kappa shape index (κ1) is 26.1. The summed E-state index contributed by atoms with van der Waals surface area (Å²) in [5, 5.41) is 19.4. The molecule has 0 saturated heterocycles. The molecule has 2 aromatic rings. The Bertz CT molecular complexity index is 1190. The Morgan fingerprint density at radius 2 is 1.55 bits per heavy atom. The van der Waals surface area contributed by atoms with Gasteiger partial charge in [0, 0.05) is 0 Å². The zero-order chi connectivity index (χ0) is 25.3. The van der Waals surface area contributed by atoms with E-state index in [0.717, 1.165) is 13.0 Å². The summed E-state index contributed by atoms with van der Waals surface area (Å²) in [5.41, 5.74) is -5.46. The smallest absolute Gasteiger partial charge is 0.418 e. The van der Waals surface area contributed by atoms with Crippen LogP contribution in [0.4, 0.5) is 35.1 Å². The van der Waals surface area contributed by atoms with E-state index in [0.29, 0.717) is 6.07 Å². The fraction of sp³-hybridized carbons (Fsp3) is 0.211. The lowest BCUT2D eigenvalue weighted by Gasteiger charge is -2.26. The molecular weight excluding hydrogens is 506 g/mol. The van der Waals surface area contributed by atoms with Crippen LogP contribution in [0.5, 0.6) is 5.75 Å². The van der Waals surface area contributed by atoms with E-state index < -0.39 is 79.9 Å². The Labute approximate surface area is 190 Å². The summed E-state index contributed by atoms with van der Waals surface area (Å²) in [6, 6.07) is 4.35. The van der Waals surface area contributed by atoms with Crippen molar-refractivity contribution < 1.29 is 39.9 Å². The van der Waals surface area contributed by atoms with Crippen LogP contribution in [-0.4, -0.2) is 17.1 Å². The lowest BCUT2D eigenvalue weighted by atomic mass is 10.0. The first-order valence-electron chi connectivity index (χ1n) is 8.35. The summed E-state index contributed by atoms with van der Waals surface area (Å²) in [5.74, 6) is -12.1.